The molecule has 1 unspecified atom stereocenters. The van der Waals surface area contributed by atoms with Crippen LogP contribution in [0.2, 0.25) is 0 Å². The summed E-state index contributed by atoms with van der Waals surface area (Å²) in [4.78, 5) is 29.8. The first-order valence-corrected chi connectivity index (χ1v) is 17.1. The Balaban J connectivity index is 1.84. The summed E-state index contributed by atoms with van der Waals surface area (Å²) in [6, 6.07) is 28.5. The topological polar surface area (TPSA) is 105 Å². The summed E-state index contributed by atoms with van der Waals surface area (Å²) in [6.07, 6.45) is 0.940. The molecule has 0 aliphatic rings. The number of halogens is 1. The average molecular weight is 709 g/mol. The average Bonchev–Trinajstić information content (AvgIpc) is 3.08. The number of anilines is 1. The van der Waals surface area contributed by atoms with E-state index in [4.69, 9.17) is 9.47 Å². The Morgan fingerprint density at radius 3 is 2.11 bits per heavy atom. The van der Waals surface area contributed by atoms with Crippen molar-refractivity contribution in [3.05, 3.63) is 119 Å². The zero-order valence-electron chi connectivity index (χ0n) is 26.1. The van der Waals surface area contributed by atoms with E-state index in [0.29, 0.717) is 18.7 Å². The first kappa shape index (κ1) is 34.5. The fraction of sp³-hybridized carbons (Fsp3) is 0.257. The second-order valence-electron chi connectivity index (χ2n) is 10.5. The van der Waals surface area contributed by atoms with Gasteiger partial charge in [-0.05, 0) is 53.9 Å². The van der Waals surface area contributed by atoms with E-state index in [-0.39, 0.29) is 35.2 Å². The third kappa shape index (κ3) is 8.67. The van der Waals surface area contributed by atoms with Gasteiger partial charge in [0.15, 0.2) is 0 Å². The van der Waals surface area contributed by atoms with Crippen LogP contribution in [-0.2, 0) is 32.6 Å². The Labute approximate surface area is 279 Å². The number of ether oxygens (including phenoxy) is 2. The third-order valence-corrected chi connectivity index (χ3v) is 9.65. The maximum atomic E-state index is 14.6. The minimum atomic E-state index is -4.29. The fourth-order valence-electron chi connectivity index (χ4n) is 4.93. The summed E-state index contributed by atoms with van der Waals surface area (Å²) in [5, 5.41) is 2.95. The SMILES string of the molecule is CCCNC(=O)C(Cc1ccccc1)N(Cc1ccc(Br)cc1)C(=O)CN(c1cc(OC)ccc1OC)S(=O)(=O)c1ccccc1. The van der Waals surface area contributed by atoms with Crippen LogP contribution in [0.5, 0.6) is 11.5 Å². The lowest BCUT2D eigenvalue weighted by molar-refractivity contribution is -0.140. The van der Waals surface area contributed by atoms with Crippen molar-refractivity contribution < 1.29 is 27.5 Å². The van der Waals surface area contributed by atoms with Crippen molar-refractivity contribution in [3.63, 3.8) is 0 Å². The van der Waals surface area contributed by atoms with Gasteiger partial charge in [0.1, 0.15) is 24.1 Å². The summed E-state index contributed by atoms with van der Waals surface area (Å²) in [5.41, 5.74) is 1.75. The maximum absolute atomic E-state index is 14.6. The lowest BCUT2D eigenvalue weighted by atomic mass is 10.0. The first-order valence-electron chi connectivity index (χ1n) is 14.8. The van der Waals surface area contributed by atoms with Crippen LogP contribution in [-0.4, -0.2) is 58.5 Å². The van der Waals surface area contributed by atoms with Gasteiger partial charge in [0, 0.05) is 30.0 Å². The fourth-order valence-corrected chi connectivity index (χ4v) is 6.63. The molecule has 1 N–H and O–H groups in total. The number of hydrogen-bond acceptors (Lipinski definition) is 6. The number of benzene rings is 4. The molecule has 0 heterocycles. The van der Waals surface area contributed by atoms with E-state index < -0.39 is 28.5 Å². The monoisotopic (exact) mass is 707 g/mol. The minimum absolute atomic E-state index is 0.00587. The van der Waals surface area contributed by atoms with E-state index in [1.54, 1.807) is 30.3 Å². The van der Waals surface area contributed by atoms with Gasteiger partial charge in [-0.1, -0.05) is 83.5 Å². The van der Waals surface area contributed by atoms with E-state index in [0.717, 1.165) is 19.9 Å². The highest BCUT2D eigenvalue weighted by Crippen LogP contribution is 2.36. The molecule has 0 aromatic heterocycles. The molecule has 242 valence electrons. The van der Waals surface area contributed by atoms with Crippen molar-refractivity contribution >= 4 is 43.5 Å². The summed E-state index contributed by atoms with van der Waals surface area (Å²) in [5.74, 6) is -0.286. The number of carbonyl (C=O) groups is 2. The highest BCUT2D eigenvalue weighted by Gasteiger charge is 2.35. The molecule has 0 saturated carbocycles. The highest BCUT2D eigenvalue weighted by molar-refractivity contribution is 9.10. The number of rotatable bonds is 15. The largest absolute Gasteiger partial charge is 0.497 e. The number of amides is 2. The van der Waals surface area contributed by atoms with E-state index in [9.17, 15) is 18.0 Å². The molecule has 4 aromatic rings. The van der Waals surface area contributed by atoms with Gasteiger partial charge in [0.05, 0.1) is 24.8 Å². The van der Waals surface area contributed by atoms with Gasteiger partial charge >= 0.3 is 0 Å². The van der Waals surface area contributed by atoms with E-state index >= 15 is 0 Å². The number of methoxy groups -OCH3 is 2. The van der Waals surface area contributed by atoms with Crippen molar-refractivity contribution in [1.29, 1.82) is 0 Å². The Morgan fingerprint density at radius 2 is 1.50 bits per heavy atom. The Bertz CT molecular complexity index is 1700. The number of hydrogen-bond donors (Lipinski definition) is 1. The van der Waals surface area contributed by atoms with E-state index in [1.807, 2.05) is 61.5 Å². The van der Waals surface area contributed by atoms with Crippen LogP contribution in [0, 0.1) is 0 Å². The Morgan fingerprint density at radius 1 is 0.848 bits per heavy atom. The van der Waals surface area contributed by atoms with Gasteiger partial charge in [-0.25, -0.2) is 8.42 Å². The van der Waals surface area contributed by atoms with Crippen LogP contribution < -0.4 is 19.1 Å². The molecule has 46 heavy (non-hydrogen) atoms. The number of sulfonamides is 1. The van der Waals surface area contributed by atoms with Crippen molar-refractivity contribution in [1.82, 2.24) is 10.2 Å². The van der Waals surface area contributed by atoms with Crippen LogP contribution in [0.4, 0.5) is 5.69 Å². The van der Waals surface area contributed by atoms with Crippen LogP contribution in [0.3, 0.4) is 0 Å². The molecular weight excluding hydrogens is 670 g/mol. The summed E-state index contributed by atoms with van der Waals surface area (Å²) in [7, 11) is -1.40. The molecular formula is C35H38BrN3O6S. The minimum Gasteiger partial charge on any atom is -0.497 e. The highest BCUT2D eigenvalue weighted by atomic mass is 79.9. The van der Waals surface area contributed by atoms with Crippen molar-refractivity contribution in [3.8, 4) is 11.5 Å². The van der Waals surface area contributed by atoms with Crippen molar-refractivity contribution in [2.45, 2.75) is 37.2 Å². The molecule has 0 aliphatic carbocycles. The van der Waals surface area contributed by atoms with Gasteiger partial charge in [0.25, 0.3) is 10.0 Å². The number of nitrogens with zero attached hydrogens (tertiary/aromatic N) is 2. The molecule has 0 saturated heterocycles. The summed E-state index contributed by atoms with van der Waals surface area (Å²) in [6.45, 7) is 1.84. The van der Waals surface area contributed by atoms with Gasteiger partial charge in [-0.3, -0.25) is 13.9 Å². The molecule has 0 radical (unpaired) electrons. The molecule has 2 amide bonds. The smallest absolute Gasteiger partial charge is 0.264 e. The molecule has 0 aliphatic heterocycles. The summed E-state index contributed by atoms with van der Waals surface area (Å²) >= 11 is 3.45. The Kier molecular flexibility index (Phi) is 12.2. The van der Waals surface area contributed by atoms with Crippen LogP contribution in [0.15, 0.2) is 112 Å². The molecule has 1 atom stereocenters. The van der Waals surface area contributed by atoms with Crippen LogP contribution in [0.1, 0.15) is 24.5 Å². The van der Waals surface area contributed by atoms with Crippen LogP contribution in [0.25, 0.3) is 0 Å². The lowest BCUT2D eigenvalue weighted by Crippen LogP contribution is -2.53. The molecule has 9 nitrogen and oxygen atoms in total. The molecule has 4 aromatic carbocycles. The molecule has 4 rings (SSSR count). The van der Waals surface area contributed by atoms with Gasteiger partial charge in [0.2, 0.25) is 11.8 Å². The van der Waals surface area contributed by atoms with E-state index in [1.165, 1.54) is 37.3 Å². The quantitative estimate of drug-likeness (QED) is 0.167. The summed E-state index contributed by atoms with van der Waals surface area (Å²) < 4.78 is 41.4. The number of nitrogens with one attached hydrogen (secondary N) is 1. The first-order chi connectivity index (χ1) is 22.2. The van der Waals surface area contributed by atoms with Crippen molar-refractivity contribution in [2.75, 3.05) is 31.6 Å². The van der Waals surface area contributed by atoms with Gasteiger partial charge < -0.3 is 19.7 Å². The van der Waals surface area contributed by atoms with Crippen molar-refractivity contribution in [2.24, 2.45) is 0 Å². The number of carbonyl (C=O) groups excluding carboxylic acids is 2. The van der Waals surface area contributed by atoms with E-state index in [2.05, 4.69) is 21.2 Å². The van der Waals surface area contributed by atoms with Gasteiger partial charge in [-0.15, -0.1) is 0 Å². The van der Waals surface area contributed by atoms with Gasteiger partial charge in [-0.2, -0.15) is 0 Å². The molecule has 11 heteroatoms. The second-order valence-corrected chi connectivity index (χ2v) is 13.3. The normalized spacial score (nSPS) is 11.7. The Hall–Kier alpha value is -4.35. The predicted octanol–water partition coefficient (Wildman–Crippen LogP) is 5.83. The standard InChI is InChI=1S/C35H38BrN3O6S/c1-4-21-37-35(41)32(22-26-11-7-5-8-12-26)38(24-27-15-17-28(36)18-16-27)34(40)25-39(46(42,43)30-13-9-6-10-14-30)31-23-29(44-2)19-20-33(31)45-3/h5-20,23,32H,4,21-22,24-25H2,1-3H3,(H,37,41). The predicted molar refractivity (Wildman–Crippen MR) is 182 cm³/mol. The molecule has 0 bridgehead atoms. The van der Waals surface area contributed by atoms with Crippen LogP contribution >= 0.6 is 15.9 Å². The zero-order chi connectivity index (χ0) is 33.1. The third-order valence-electron chi connectivity index (χ3n) is 7.35. The molecule has 0 fully saturated rings. The lowest BCUT2D eigenvalue weighted by Gasteiger charge is -2.34. The second kappa shape index (κ2) is 16.3. The maximum Gasteiger partial charge on any atom is 0.264 e. The molecule has 0 spiro atoms. The zero-order valence-corrected chi connectivity index (χ0v) is 28.5.